The second-order valence-corrected chi connectivity index (χ2v) is 10.2. The predicted molar refractivity (Wildman–Crippen MR) is 137 cm³/mol. The van der Waals surface area contributed by atoms with Crippen molar-refractivity contribution < 1.29 is 42.5 Å². The van der Waals surface area contributed by atoms with Crippen molar-refractivity contribution in [1.29, 1.82) is 0 Å². The molecule has 0 saturated carbocycles. The molecule has 0 aromatic heterocycles. The number of nitrogens with zero attached hydrogens (tertiary/aromatic N) is 1. The largest absolute Gasteiger partial charge is 0.461 e. The van der Waals surface area contributed by atoms with E-state index in [1.807, 2.05) is 6.07 Å². The van der Waals surface area contributed by atoms with Crippen LogP contribution in [0.5, 0.6) is 0 Å². The molecule has 3 N–H and O–H groups in total. The monoisotopic (exact) mass is 555 g/mol. The van der Waals surface area contributed by atoms with E-state index >= 15 is 0 Å². The van der Waals surface area contributed by atoms with Crippen molar-refractivity contribution in [2.24, 2.45) is 11.8 Å². The number of alkyl halides is 2. The van der Waals surface area contributed by atoms with Gasteiger partial charge in [-0.1, -0.05) is 58.0 Å². The molecule has 0 aliphatic carbocycles. The van der Waals surface area contributed by atoms with Crippen LogP contribution in [0, 0.1) is 11.8 Å². The molecule has 0 spiro atoms. The van der Waals surface area contributed by atoms with E-state index in [0.717, 1.165) is 5.56 Å². The number of amides is 3. The first kappa shape index (κ1) is 31.9. The number of halogens is 2. The maximum atomic E-state index is 14.5. The zero-order valence-electron chi connectivity index (χ0n) is 23.0. The van der Waals surface area contributed by atoms with E-state index in [4.69, 9.17) is 4.74 Å². The molecular formula is C27H39F2N3O7. The van der Waals surface area contributed by atoms with Gasteiger partial charge in [-0.2, -0.15) is 8.78 Å². The molecule has 1 aliphatic rings. The van der Waals surface area contributed by atoms with Crippen molar-refractivity contribution in [3.05, 3.63) is 35.9 Å². The quantitative estimate of drug-likeness (QED) is 0.338. The number of carbonyl (C=O) groups is 4. The van der Waals surface area contributed by atoms with Gasteiger partial charge in [0, 0.05) is 6.54 Å². The molecule has 1 heterocycles. The zero-order chi connectivity index (χ0) is 29.3. The number of hydrogen-bond acceptors (Lipinski definition) is 7. The molecule has 1 aromatic carbocycles. The number of aliphatic hydroxyl groups excluding tert-OH is 1. The summed E-state index contributed by atoms with van der Waals surface area (Å²) in [4.78, 5) is 52.1. The van der Waals surface area contributed by atoms with Gasteiger partial charge >= 0.3 is 18.0 Å². The highest BCUT2D eigenvalue weighted by atomic mass is 19.3. The van der Waals surface area contributed by atoms with Gasteiger partial charge in [-0.25, -0.2) is 9.59 Å². The first-order chi connectivity index (χ1) is 18.3. The molecular weight excluding hydrogens is 516 g/mol. The number of rotatable bonds is 12. The van der Waals surface area contributed by atoms with Gasteiger partial charge in [-0.15, -0.1) is 0 Å². The molecule has 2 rings (SSSR count). The second-order valence-electron chi connectivity index (χ2n) is 10.2. The summed E-state index contributed by atoms with van der Waals surface area (Å²) in [7, 11) is 0. The number of carbonyl (C=O) groups excluding carboxylic acids is 4. The Morgan fingerprint density at radius 1 is 1.05 bits per heavy atom. The average Bonchev–Trinajstić information content (AvgIpc) is 3.39. The van der Waals surface area contributed by atoms with Crippen LogP contribution >= 0.6 is 0 Å². The van der Waals surface area contributed by atoms with E-state index in [2.05, 4.69) is 15.4 Å². The Labute approximate surface area is 227 Å². The summed E-state index contributed by atoms with van der Waals surface area (Å²) in [6, 6.07) is 5.50. The second kappa shape index (κ2) is 14.2. The highest BCUT2D eigenvalue weighted by Crippen LogP contribution is 2.27. The summed E-state index contributed by atoms with van der Waals surface area (Å²) in [6.07, 6.45) is -2.61. The van der Waals surface area contributed by atoms with E-state index in [0.29, 0.717) is 6.42 Å². The summed E-state index contributed by atoms with van der Waals surface area (Å²) < 4.78 is 38.7. The van der Waals surface area contributed by atoms with Gasteiger partial charge in [-0.05, 0) is 37.2 Å². The maximum absolute atomic E-state index is 14.5. The van der Waals surface area contributed by atoms with Crippen LogP contribution < -0.4 is 10.6 Å². The Morgan fingerprint density at radius 3 is 2.26 bits per heavy atom. The minimum Gasteiger partial charge on any atom is -0.461 e. The van der Waals surface area contributed by atoms with Gasteiger partial charge in [-0.3, -0.25) is 9.59 Å². The van der Waals surface area contributed by atoms with Crippen molar-refractivity contribution >= 4 is 23.9 Å². The van der Waals surface area contributed by atoms with E-state index in [9.17, 15) is 33.1 Å². The molecule has 12 heteroatoms. The molecule has 1 aromatic rings. The van der Waals surface area contributed by atoms with Gasteiger partial charge in [0.05, 0.1) is 12.6 Å². The van der Waals surface area contributed by atoms with Crippen LogP contribution in [-0.4, -0.2) is 77.2 Å². The van der Waals surface area contributed by atoms with Gasteiger partial charge in [0.15, 0.2) is 0 Å². The maximum Gasteiger partial charge on any atom is 0.408 e. The Balaban J connectivity index is 2.11. The number of ether oxygens (including phenoxy) is 2. The van der Waals surface area contributed by atoms with Crippen LogP contribution in [-0.2, 0) is 30.5 Å². The first-order valence-electron chi connectivity index (χ1n) is 13.1. The van der Waals surface area contributed by atoms with Crippen molar-refractivity contribution in [3.63, 3.8) is 0 Å². The summed E-state index contributed by atoms with van der Waals surface area (Å²) >= 11 is 0. The van der Waals surface area contributed by atoms with Gasteiger partial charge in [0.25, 0.3) is 0 Å². The van der Waals surface area contributed by atoms with E-state index in [1.165, 1.54) is 25.7 Å². The number of nitrogens with one attached hydrogen (secondary N) is 2. The van der Waals surface area contributed by atoms with Crippen LogP contribution in [0.15, 0.2) is 30.3 Å². The number of benzene rings is 1. The first-order valence-corrected chi connectivity index (χ1v) is 13.1. The molecule has 1 saturated heterocycles. The fraction of sp³-hybridized carbons (Fsp3) is 0.630. The Bertz CT molecular complexity index is 991. The number of hydrogen-bond donors (Lipinski definition) is 3. The Morgan fingerprint density at radius 2 is 1.69 bits per heavy atom. The Kier molecular flexibility index (Phi) is 11.6. The molecule has 39 heavy (non-hydrogen) atoms. The van der Waals surface area contributed by atoms with Crippen molar-refractivity contribution in [2.45, 2.75) is 84.2 Å². The van der Waals surface area contributed by atoms with Crippen LogP contribution in [0.2, 0.25) is 0 Å². The topological polar surface area (TPSA) is 134 Å². The lowest BCUT2D eigenvalue weighted by Gasteiger charge is -2.34. The highest BCUT2D eigenvalue weighted by molar-refractivity contribution is 5.92. The Hall–Kier alpha value is -3.28. The predicted octanol–water partition coefficient (Wildman–Crippen LogP) is 2.63. The lowest BCUT2D eigenvalue weighted by atomic mass is 9.93. The van der Waals surface area contributed by atoms with Crippen molar-refractivity contribution in [1.82, 2.24) is 15.5 Å². The summed E-state index contributed by atoms with van der Waals surface area (Å²) in [5.41, 5.74) is 0.770. The fourth-order valence-corrected chi connectivity index (χ4v) is 4.33. The van der Waals surface area contributed by atoms with Gasteiger partial charge in [0.1, 0.15) is 24.8 Å². The van der Waals surface area contributed by atoms with Crippen molar-refractivity contribution in [3.8, 4) is 0 Å². The molecule has 218 valence electrons. The molecule has 1 aliphatic heterocycles. The third-order valence-corrected chi connectivity index (χ3v) is 6.54. The van der Waals surface area contributed by atoms with Gasteiger partial charge < -0.3 is 30.1 Å². The number of alkyl carbamates (subject to hydrolysis) is 1. The normalized spacial score (nSPS) is 17.9. The minimum atomic E-state index is -4.25. The van der Waals surface area contributed by atoms with Crippen LogP contribution in [0.3, 0.4) is 0 Å². The smallest absolute Gasteiger partial charge is 0.408 e. The summed E-state index contributed by atoms with van der Waals surface area (Å²) in [5, 5.41) is 15.3. The number of esters is 1. The third kappa shape index (κ3) is 8.35. The molecule has 3 amide bonds. The molecule has 4 atom stereocenters. The fourth-order valence-electron chi connectivity index (χ4n) is 4.33. The molecule has 2 unspecified atom stereocenters. The van der Waals surface area contributed by atoms with E-state index in [-0.39, 0.29) is 32.1 Å². The average molecular weight is 556 g/mol. The zero-order valence-corrected chi connectivity index (χ0v) is 23.0. The van der Waals surface area contributed by atoms with E-state index in [1.54, 1.807) is 38.1 Å². The summed E-state index contributed by atoms with van der Waals surface area (Å²) in [5.74, 6) is -8.43. The van der Waals surface area contributed by atoms with Crippen LogP contribution in [0.25, 0.3) is 0 Å². The van der Waals surface area contributed by atoms with Crippen molar-refractivity contribution in [2.75, 3.05) is 13.2 Å². The van der Waals surface area contributed by atoms with E-state index < -0.39 is 59.9 Å². The third-order valence-electron chi connectivity index (χ3n) is 6.54. The number of likely N-dealkylation sites (tertiary alicyclic amines) is 1. The summed E-state index contributed by atoms with van der Waals surface area (Å²) in [6.45, 7) is 7.76. The highest BCUT2D eigenvalue weighted by Gasteiger charge is 2.53. The van der Waals surface area contributed by atoms with Crippen LogP contribution in [0.4, 0.5) is 13.6 Å². The molecule has 10 nitrogen and oxygen atoms in total. The molecule has 0 bridgehead atoms. The molecule has 1 fully saturated rings. The lowest BCUT2D eigenvalue weighted by molar-refractivity contribution is -0.192. The standard InChI is InChI=1S/C27H39F2N3O7/c1-6-38-25(36)27(28,29)22(33)20(16(2)3)30-23(34)19-13-10-14-32(19)24(35)21(17(4)5)31-26(37)39-15-18-11-8-7-9-12-18/h7-9,11-12,16-17,19-22,33H,6,10,13-15H2,1-5H3,(H,30,34)(H,31,37)/t19?,20-,21-,22?/m0/s1. The lowest BCUT2D eigenvalue weighted by Crippen LogP contribution is -2.60. The number of aliphatic hydroxyl groups is 1. The van der Waals surface area contributed by atoms with Crippen LogP contribution in [0.1, 0.15) is 53.0 Å². The molecule has 0 radical (unpaired) electrons. The SMILES string of the molecule is CCOC(=O)C(F)(F)C(O)[C@@H](NC(=O)C1CCCN1C(=O)[C@@H](NC(=O)OCc1ccccc1)C(C)C)C(C)C. The van der Waals surface area contributed by atoms with Gasteiger partial charge in [0.2, 0.25) is 11.8 Å². The minimum absolute atomic E-state index is 0.00970.